The Kier molecular flexibility index (Phi) is 5.19. The standard InChI is InChI=1S/C19H20ClNO2/c20-17-10-4-2-8-15(17)14-23-18-11-5-3-9-16(18)19(22)21-12-6-1-7-13-21/h2-5,8-11H,1,6-7,12-14H2. The van der Waals surface area contributed by atoms with Crippen LogP contribution in [0.25, 0.3) is 0 Å². The zero-order valence-electron chi connectivity index (χ0n) is 13.0. The van der Waals surface area contributed by atoms with Gasteiger partial charge in [-0.15, -0.1) is 0 Å². The van der Waals surface area contributed by atoms with Crippen molar-refractivity contribution >= 4 is 17.5 Å². The Morgan fingerprint density at radius 3 is 2.48 bits per heavy atom. The SMILES string of the molecule is O=C(c1ccccc1OCc1ccccc1Cl)N1CCCCC1. The summed E-state index contributed by atoms with van der Waals surface area (Å²) in [6.07, 6.45) is 3.36. The van der Waals surface area contributed by atoms with Crippen molar-refractivity contribution in [2.24, 2.45) is 0 Å². The first-order chi connectivity index (χ1) is 11.3. The van der Waals surface area contributed by atoms with Crippen LogP contribution >= 0.6 is 11.6 Å². The van der Waals surface area contributed by atoms with Crippen molar-refractivity contribution in [1.82, 2.24) is 4.90 Å². The van der Waals surface area contributed by atoms with Crippen LogP contribution in [0, 0.1) is 0 Å². The Balaban J connectivity index is 1.75. The smallest absolute Gasteiger partial charge is 0.257 e. The molecule has 1 fully saturated rings. The summed E-state index contributed by atoms with van der Waals surface area (Å²) in [4.78, 5) is 14.6. The molecule has 23 heavy (non-hydrogen) atoms. The summed E-state index contributed by atoms with van der Waals surface area (Å²) in [5.74, 6) is 0.669. The molecule has 1 amide bonds. The molecular formula is C19H20ClNO2. The third-order valence-electron chi connectivity index (χ3n) is 4.10. The van der Waals surface area contributed by atoms with Crippen LogP contribution in [0.15, 0.2) is 48.5 Å². The highest BCUT2D eigenvalue weighted by Gasteiger charge is 2.21. The molecule has 0 aromatic heterocycles. The van der Waals surface area contributed by atoms with E-state index in [-0.39, 0.29) is 5.91 Å². The van der Waals surface area contributed by atoms with Gasteiger partial charge in [0.2, 0.25) is 0 Å². The third-order valence-corrected chi connectivity index (χ3v) is 4.47. The summed E-state index contributed by atoms with van der Waals surface area (Å²) in [5.41, 5.74) is 1.54. The predicted molar refractivity (Wildman–Crippen MR) is 92.0 cm³/mol. The summed E-state index contributed by atoms with van der Waals surface area (Å²) in [5, 5.41) is 0.673. The minimum Gasteiger partial charge on any atom is -0.488 e. The summed E-state index contributed by atoms with van der Waals surface area (Å²) in [6.45, 7) is 2.01. The van der Waals surface area contributed by atoms with Gasteiger partial charge in [-0.2, -0.15) is 0 Å². The number of benzene rings is 2. The molecule has 0 radical (unpaired) electrons. The molecular weight excluding hydrogens is 310 g/mol. The number of likely N-dealkylation sites (tertiary alicyclic amines) is 1. The summed E-state index contributed by atoms with van der Waals surface area (Å²) >= 11 is 6.16. The monoisotopic (exact) mass is 329 g/mol. The van der Waals surface area contributed by atoms with Gasteiger partial charge in [0, 0.05) is 23.7 Å². The van der Waals surface area contributed by atoms with Crippen molar-refractivity contribution in [1.29, 1.82) is 0 Å². The van der Waals surface area contributed by atoms with Crippen molar-refractivity contribution in [3.63, 3.8) is 0 Å². The maximum atomic E-state index is 12.7. The van der Waals surface area contributed by atoms with Crippen molar-refractivity contribution in [3.8, 4) is 5.75 Å². The molecule has 4 heteroatoms. The highest BCUT2D eigenvalue weighted by Crippen LogP contribution is 2.24. The number of carbonyl (C=O) groups is 1. The van der Waals surface area contributed by atoms with E-state index in [1.807, 2.05) is 53.4 Å². The minimum atomic E-state index is 0.0551. The summed E-state index contributed by atoms with van der Waals surface area (Å²) in [6, 6.07) is 15.0. The van der Waals surface area contributed by atoms with E-state index in [0.29, 0.717) is 22.9 Å². The molecule has 1 aliphatic rings. The molecule has 0 spiro atoms. The number of hydrogen-bond donors (Lipinski definition) is 0. The molecule has 1 heterocycles. The lowest BCUT2D eigenvalue weighted by Crippen LogP contribution is -2.35. The van der Waals surface area contributed by atoms with Crippen molar-refractivity contribution in [3.05, 3.63) is 64.7 Å². The number of rotatable bonds is 4. The Morgan fingerprint density at radius 1 is 1.00 bits per heavy atom. The molecule has 0 unspecified atom stereocenters. The van der Waals surface area contributed by atoms with Gasteiger partial charge in [-0.1, -0.05) is 41.9 Å². The van der Waals surface area contributed by atoms with E-state index >= 15 is 0 Å². The normalized spacial score (nSPS) is 14.6. The quantitative estimate of drug-likeness (QED) is 0.823. The molecule has 3 rings (SSSR count). The van der Waals surface area contributed by atoms with E-state index in [0.717, 1.165) is 31.5 Å². The van der Waals surface area contributed by atoms with Crippen LogP contribution in [0.1, 0.15) is 35.2 Å². The number of hydrogen-bond acceptors (Lipinski definition) is 2. The average Bonchev–Trinajstić information content (AvgIpc) is 2.61. The molecule has 1 saturated heterocycles. The first-order valence-corrected chi connectivity index (χ1v) is 8.38. The highest BCUT2D eigenvalue weighted by atomic mass is 35.5. The first-order valence-electron chi connectivity index (χ1n) is 8.00. The Hall–Kier alpha value is -2.00. The Bertz CT molecular complexity index is 681. The lowest BCUT2D eigenvalue weighted by Gasteiger charge is -2.27. The van der Waals surface area contributed by atoms with Crippen LogP contribution in [0.2, 0.25) is 5.02 Å². The van der Waals surface area contributed by atoms with Crippen molar-refractivity contribution < 1.29 is 9.53 Å². The minimum absolute atomic E-state index is 0.0551. The summed E-state index contributed by atoms with van der Waals surface area (Å²) < 4.78 is 5.88. The van der Waals surface area contributed by atoms with Crippen LogP contribution in [-0.4, -0.2) is 23.9 Å². The van der Waals surface area contributed by atoms with Gasteiger partial charge in [0.25, 0.3) is 5.91 Å². The average molecular weight is 330 g/mol. The van der Waals surface area contributed by atoms with Gasteiger partial charge in [-0.05, 0) is 37.5 Å². The molecule has 2 aromatic rings. The number of carbonyl (C=O) groups excluding carboxylic acids is 1. The molecule has 0 aliphatic carbocycles. The van der Waals surface area contributed by atoms with Crippen LogP contribution < -0.4 is 4.74 Å². The zero-order chi connectivity index (χ0) is 16.1. The third kappa shape index (κ3) is 3.85. The van der Waals surface area contributed by atoms with Gasteiger partial charge in [-0.25, -0.2) is 0 Å². The lowest BCUT2D eigenvalue weighted by molar-refractivity contribution is 0.0719. The van der Waals surface area contributed by atoms with E-state index in [4.69, 9.17) is 16.3 Å². The van der Waals surface area contributed by atoms with E-state index in [1.54, 1.807) is 0 Å². The van der Waals surface area contributed by atoms with E-state index in [9.17, 15) is 4.79 Å². The predicted octanol–water partition coefficient (Wildman–Crippen LogP) is 4.55. The fraction of sp³-hybridized carbons (Fsp3) is 0.316. The molecule has 3 nitrogen and oxygen atoms in total. The molecule has 120 valence electrons. The second-order valence-corrected chi connectivity index (χ2v) is 6.14. The van der Waals surface area contributed by atoms with Crippen molar-refractivity contribution in [2.45, 2.75) is 25.9 Å². The Labute approximate surface area is 141 Å². The topological polar surface area (TPSA) is 29.5 Å². The van der Waals surface area contributed by atoms with E-state index in [2.05, 4.69) is 0 Å². The molecule has 0 atom stereocenters. The fourth-order valence-corrected chi connectivity index (χ4v) is 3.00. The molecule has 0 bridgehead atoms. The van der Waals surface area contributed by atoms with Gasteiger partial charge in [0.05, 0.1) is 5.56 Å². The second-order valence-electron chi connectivity index (χ2n) is 5.73. The number of halogens is 1. The van der Waals surface area contributed by atoms with E-state index in [1.165, 1.54) is 6.42 Å². The number of amides is 1. The molecule has 1 aliphatic heterocycles. The van der Waals surface area contributed by atoms with Crippen LogP contribution in [0.3, 0.4) is 0 Å². The number of para-hydroxylation sites is 1. The van der Waals surface area contributed by atoms with Gasteiger partial charge >= 0.3 is 0 Å². The van der Waals surface area contributed by atoms with Gasteiger partial charge < -0.3 is 9.64 Å². The van der Waals surface area contributed by atoms with Gasteiger partial charge in [-0.3, -0.25) is 4.79 Å². The maximum absolute atomic E-state index is 12.7. The highest BCUT2D eigenvalue weighted by molar-refractivity contribution is 6.31. The summed E-state index contributed by atoms with van der Waals surface area (Å²) in [7, 11) is 0. The van der Waals surface area contributed by atoms with Crippen LogP contribution in [0.5, 0.6) is 5.75 Å². The number of nitrogens with zero attached hydrogens (tertiary/aromatic N) is 1. The number of piperidine rings is 1. The fourth-order valence-electron chi connectivity index (χ4n) is 2.81. The van der Waals surface area contributed by atoms with Crippen molar-refractivity contribution in [2.75, 3.05) is 13.1 Å². The first kappa shape index (κ1) is 15.9. The maximum Gasteiger partial charge on any atom is 0.257 e. The largest absolute Gasteiger partial charge is 0.488 e. The zero-order valence-corrected chi connectivity index (χ0v) is 13.8. The Morgan fingerprint density at radius 2 is 1.70 bits per heavy atom. The number of ether oxygens (including phenoxy) is 1. The van der Waals surface area contributed by atoms with Crippen LogP contribution in [-0.2, 0) is 6.61 Å². The van der Waals surface area contributed by atoms with Gasteiger partial charge in [0.1, 0.15) is 12.4 Å². The van der Waals surface area contributed by atoms with Crippen LogP contribution in [0.4, 0.5) is 0 Å². The van der Waals surface area contributed by atoms with E-state index < -0.39 is 0 Å². The lowest BCUT2D eigenvalue weighted by atomic mass is 10.1. The second kappa shape index (κ2) is 7.51. The van der Waals surface area contributed by atoms with Gasteiger partial charge in [0.15, 0.2) is 0 Å². The molecule has 2 aromatic carbocycles. The molecule has 0 saturated carbocycles. The molecule has 0 N–H and O–H groups in total.